The maximum Gasteiger partial charge on any atom is 0.253 e. The molecule has 0 unspecified atom stereocenters. The number of hydrogen-bond acceptors (Lipinski definition) is 4. The number of nitrogens with zero attached hydrogens (tertiary/aromatic N) is 2. The fourth-order valence-electron chi connectivity index (χ4n) is 3.90. The van der Waals surface area contributed by atoms with Gasteiger partial charge in [0.25, 0.3) is 5.91 Å². The van der Waals surface area contributed by atoms with Crippen LogP contribution in [-0.2, 0) is 6.61 Å². The van der Waals surface area contributed by atoms with E-state index in [0.29, 0.717) is 6.61 Å². The lowest BCUT2D eigenvalue weighted by molar-refractivity contribution is 0.0687. The van der Waals surface area contributed by atoms with Gasteiger partial charge in [0.2, 0.25) is 0 Å². The predicted octanol–water partition coefficient (Wildman–Crippen LogP) is 4.58. The molecule has 1 N–H and O–H groups in total. The molecule has 0 spiro atoms. The van der Waals surface area contributed by atoms with Crippen LogP contribution in [0.5, 0.6) is 5.75 Å². The Morgan fingerprint density at radius 1 is 1.20 bits per heavy atom. The van der Waals surface area contributed by atoms with Crippen molar-refractivity contribution in [1.82, 2.24) is 15.2 Å². The van der Waals surface area contributed by atoms with Crippen molar-refractivity contribution in [3.05, 3.63) is 58.9 Å². The lowest BCUT2D eigenvalue weighted by atomic mass is 9.93. The minimum Gasteiger partial charge on any atom is -0.488 e. The topological polar surface area (TPSA) is 54.5 Å². The number of aromatic nitrogens is 1. The van der Waals surface area contributed by atoms with E-state index in [4.69, 9.17) is 4.74 Å². The second kappa shape index (κ2) is 12.8. The summed E-state index contributed by atoms with van der Waals surface area (Å²) in [5.74, 6) is 1.71. The number of ether oxygens (including phenoxy) is 1. The van der Waals surface area contributed by atoms with Gasteiger partial charge in [-0.05, 0) is 81.9 Å². The molecule has 1 fully saturated rings. The number of hydrogen-bond donors (Lipinski definition) is 1. The second-order valence-corrected chi connectivity index (χ2v) is 7.72. The zero-order valence-corrected chi connectivity index (χ0v) is 19.7. The second-order valence-electron chi connectivity index (χ2n) is 7.72. The number of likely N-dealkylation sites (tertiary alicyclic amines) is 1. The largest absolute Gasteiger partial charge is 0.488 e. The van der Waals surface area contributed by atoms with Gasteiger partial charge in [-0.15, -0.1) is 24.8 Å². The van der Waals surface area contributed by atoms with E-state index in [1.807, 2.05) is 56.3 Å². The van der Waals surface area contributed by atoms with Crippen molar-refractivity contribution in [3.8, 4) is 5.75 Å². The van der Waals surface area contributed by atoms with E-state index in [1.54, 1.807) is 6.20 Å². The average molecular weight is 454 g/mol. The molecule has 1 aromatic carbocycles. The van der Waals surface area contributed by atoms with E-state index in [0.717, 1.165) is 66.4 Å². The van der Waals surface area contributed by atoms with Crippen molar-refractivity contribution in [2.75, 3.05) is 26.7 Å². The van der Waals surface area contributed by atoms with Crippen LogP contribution in [0.4, 0.5) is 0 Å². The molecule has 7 heteroatoms. The predicted molar refractivity (Wildman–Crippen MR) is 126 cm³/mol. The van der Waals surface area contributed by atoms with Crippen LogP contribution in [0.2, 0.25) is 0 Å². The molecule has 1 amide bonds. The minimum absolute atomic E-state index is 0. The molecular formula is C23H33Cl2N3O2. The van der Waals surface area contributed by atoms with Gasteiger partial charge < -0.3 is 15.0 Å². The summed E-state index contributed by atoms with van der Waals surface area (Å²) in [6.45, 7) is 7.24. The molecule has 0 atom stereocenters. The third-order valence-corrected chi connectivity index (χ3v) is 5.52. The van der Waals surface area contributed by atoms with E-state index in [1.165, 1.54) is 6.42 Å². The van der Waals surface area contributed by atoms with Crippen LogP contribution in [0.1, 0.15) is 46.3 Å². The van der Waals surface area contributed by atoms with Crippen molar-refractivity contribution < 1.29 is 9.53 Å². The van der Waals surface area contributed by atoms with Gasteiger partial charge in [0, 0.05) is 36.6 Å². The third kappa shape index (κ3) is 6.86. The van der Waals surface area contributed by atoms with Gasteiger partial charge in [-0.25, -0.2) is 0 Å². The maximum absolute atomic E-state index is 13.0. The fourth-order valence-corrected chi connectivity index (χ4v) is 3.90. The van der Waals surface area contributed by atoms with Crippen molar-refractivity contribution >= 4 is 30.7 Å². The number of piperidine rings is 1. The van der Waals surface area contributed by atoms with Crippen molar-refractivity contribution in [1.29, 1.82) is 0 Å². The summed E-state index contributed by atoms with van der Waals surface area (Å²) in [5, 5.41) is 3.22. The molecule has 2 aromatic rings. The molecule has 1 saturated heterocycles. The summed E-state index contributed by atoms with van der Waals surface area (Å²) >= 11 is 0. The summed E-state index contributed by atoms with van der Waals surface area (Å²) in [7, 11) is 1.99. The Morgan fingerprint density at radius 3 is 2.43 bits per heavy atom. The minimum atomic E-state index is 0. The summed E-state index contributed by atoms with van der Waals surface area (Å²) in [6, 6.07) is 7.82. The monoisotopic (exact) mass is 453 g/mol. The molecule has 0 radical (unpaired) electrons. The fraction of sp³-hybridized carbons (Fsp3) is 0.478. The lowest BCUT2D eigenvalue weighted by Crippen LogP contribution is -2.39. The zero-order chi connectivity index (χ0) is 19.9. The number of benzene rings is 1. The number of nitrogens with one attached hydrogen (secondary N) is 1. The SMILES string of the molecule is CNCCC1CCN(C(=O)c2cc(C)c(OCc3cccnc3)c(C)c2)CC1.Cl.Cl. The number of rotatable bonds is 7. The Morgan fingerprint density at radius 2 is 1.87 bits per heavy atom. The van der Waals surface area contributed by atoms with Crippen molar-refractivity contribution in [2.45, 2.75) is 39.7 Å². The Hall–Kier alpha value is -1.82. The first-order valence-corrected chi connectivity index (χ1v) is 10.1. The summed E-state index contributed by atoms with van der Waals surface area (Å²) in [5.41, 5.74) is 3.78. The summed E-state index contributed by atoms with van der Waals surface area (Å²) < 4.78 is 6.01. The number of carbonyl (C=O) groups excluding carboxylic acids is 1. The van der Waals surface area contributed by atoms with Gasteiger partial charge >= 0.3 is 0 Å². The number of carbonyl (C=O) groups is 1. The normalized spacial score (nSPS) is 13.9. The highest BCUT2D eigenvalue weighted by Gasteiger charge is 2.24. The Balaban J connectivity index is 0.00000225. The van der Waals surface area contributed by atoms with Gasteiger partial charge in [0.05, 0.1) is 0 Å². The third-order valence-electron chi connectivity index (χ3n) is 5.52. The van der Waals surface area contributed by atoms with E-state index in [9.17, 15) is 4.79 Å². The van der Waals surface area contributed by atoms with E-state index < -0.39 is 0 Å². The van der Waals surface area contributed by atoms with E-state index in [-0.39, 0.29) is 30.7 Å². The molecule has 0 aliphatic carbocycles. The van der Waals surface area contributed by atoms with Crippen LogP contribution in [0.15, 0.2) is 36.7 Å². The van der Waals surface area contributed by atoms with Gasteiger partial charge in [-0.3, -0.25) is 9.78 Å². The molecule has 166 valence electrons. The number of aryl methyl sites for hydroxylation is 2. The van der Waals surface area contributed by atoms with Crippen LogP contribution in [0.25, 0.3) is 0 Å². The molecular weight excluding hydrogens is 421 g/mol. The van der Waals surface area contributed by atoms with Crippen LogP contribution < -0.4 is 10.1 Å². The van der Waals surface area contributed by atoms with Crippen LogP contribution in [-0.4, -0.2) is 42.5 Å². The quantitative estimate of drug-likeness (QED) is 0.666. The summed E-state index contributed by atoms with van der Waals surface area (Å²) in [6.07, 6.45) is 6.95. The first-order chi connectivity index (χ1) is 13.6. The molecule has 0 saturated carbocycles. The number of amides is 1. The molecule has 5 nitrogen and oxygen atoms in total. The van der Waals surface area contributed by atoms with E-state index in [2.05, 4.69) is 10.3 Å². The first kappa shape index (κ1) is 26.2. The smallest absolute Gasteiger partial charge is 0.253 e. The van der Waals surface area contributed by atoms with E-state index >= 15 is 0 Å². The molecule has 1 aromatic heterocycles. The molecule has 1 aliphatic rings. The number of halogens is 2. The Kier molecular flexibility index (Phi) is 11.2. The summed E-state index contributed by atoms with van der Waals surface area (Å²) in [4.78, 5) is 19.1. The van der Waals surface area contributed by atoms with Gasteiger partial charge in [-0.2, -0.15) is 0 Å². The molecule has 30 heavy (non-hydrogen) atoms. The van der Waals surface area contributed by atoms with Gasteiger partial charge in [-0.1, -0.05) is 6.07 Å². The molecule has 2 heterocycles. The van der Waals surface area contributed by atoms with Crippen LogP contribution in [0.3, 0.4) is 0 Å². The van der Waals surface area contributed by atoms with Crippen LogP contribution in [0, 0.1) is 19.8 Å². The highest BCUT2D eigenvalue weighted by atomic mass is 35.5. The first-order valence-electron chi connectivity index (χ1n) is 10.1. The Labute approximate surface area is 192 Å². The average Bonchev–Trinajstić information content (AvgIpc) is 2.72. The lowest BCUT2D eigenvalue weighted by Gasteiger charge is -2.32. The maximum atomic E-state index is 13.0. The highest BCUT2D eigenvalue weighted by Crippen LogP contribution is 2.28. The molecule has 3 rings (SSSR count). The molecule has 1 aliphatic heterocycles. The standard InChI is InChI=1S/C23H31N3O2.2ClH/c1-17-13-21(23(27)26-11-7-19(8-12-26)6-10-24-3)14-18(2)22(17)28-16-20-5-4-9-25-15-20;;/h4-5,9,13-15,19,24H,6-8,10-12,16H2,1-3H3;2*1H. The van der Waals surface area contributed by atoms with Crippen LogP contribution >= 0.6 is 24.8 Å². The van der Waals surface area contributed by atoms with Gasteiger partial charge in [0.15, 0.2) is 0 Å². The molecule has 0 bridgehead atoms. The highest BCUT2D eigenvalue weighted by molar-refractivity contribution is 5.95. The van der Waals surface area contributed by atoms with Crippen molar-refractivity contribution in [2.24, 2.45) is 5.92 Å². The van der Waals surface area contributed by atoms with Crippen molar-refractivity contribution in [3.63, 3.8) is 0 Å². The Bertz CT molecular complexity index is 771. The van der Waals surface area contributed by atoms with Gasteiger partial charge in [0.1, 0.15) is 12.4 Å². The number of pyridine rings is 1. The zero-order valence-electron chi connectivity index (χ0n) is 18.0.